The Kier molecular flexibility index (Phi) is 2.76. The molecule has 2 rings (SSSR count). The lowest BCUT2D eigenvalue weighted by Crippen LogP contribution is -2.28. The van der Waals surface area contributed by atoms with Crippen molar-refractivity contribution in [2.24, 2.45) is 0 Å². The number of halogens is 4. The summed E-state index contributed by atoms with van der Waals surface area (Å²) in [6.07, 6.45) is -4.00. The Morgan fingerprint density at radius 2 is 2.00 bits per heavy atom. The summed E-state index contributed by atoms with van der Waals surface area (Å²) in [5, 5.41) is 8.60. The highest BCUT2D eigenvalue weighted by atomic mass is 19.4. The van der Waals surface area contributed by atoms with Gasteiger partial charge in [0.05, 0.1) is 0 Å². The molecule has 18 heavy (non-hydrogen) atoms. The Morgan fingerprint density at radius 3 is 2.56 bits per heavy atom. The van der Waals surface area contributed by atoms with Crippen LogP contribution in [-0.2, 0) is 4.79 Å². The number of alkyl halides is 3. The van der Waals surface area contributed by atoms with E-state index in [-0.39, 0.29) is 10.9 Å². The highest BCUT2D eigenvalue weighted by Crippen LogP contribution is 2.38. The fraction of sp³-hybridized carbons (Fsp3) is 0.182. The molecule has 2 N–H and O–H groups in total. The maximum atomic E-state index is 13.0. The van der Waals surface area contributed by atoms with E-state index in [9.17, 15) is 22.4 Å². The molecular formula is C11H7F4NO2. The molecule has 1 aromatic heterocycles. The molecule has 0 saturated carbocycles. The average Bonchev–Trinajstić information content (AvgIpc) is 2.59. The predicted molar refractivity (Wildman–Crippen MR) is 54.7 cm³/mol. The molecule has 1 heterocycles. The first-order valence-corrected chi connectivity index (χ1v) is 4.87. The Labute approximate surface area is 98.0 Å². The van der Waals surface area contributed by atoms with E-state index in [4.69, 9.17) is 5.11 Å². The van der Waals surface area contributed by atoms with Crippen molar-refractivity contribution in [3.8, 4) is 0 Å². The number of carboxylic acid groups (broad SMARTS) is 1. The predicted octanol–water partition coefficient (Wildman–Crippen LogP) is 3.04. The molecule has 0 saturated heterocycles. The third kappa shape index (κ3) is 2.03. The molecule has 2 aromatic rings. The molecule has 0 amide bonds. The molecule has 0 unspecified atom stereocenters. The van der Waals surface area contributed by atoms with Crippen LogP contribution in [0, 0.1) is 5.82 Å². The molecule has 3 nitrogen and oxygen atoms in total. The topological polar surface area (TPSA) is 53.1 Å². The van der Waals surface area contributed by atoms with Gasteiger partial charge in [-0.25, -0.2) is 4.39 Å². The number of fused-ring (bicyclic) bond motifs is 1. The number of H-pyrrole nitrogens is 1. The Morgan fingerprint density at radius 1 is 1.33 bits per heavy atom. The zero-order valence-electron chi connectivity index (χ0n) is 8.75. The SMILES string of the molecule is O=C(O)[C@@H](c1c[nH]c2ccc(F)cc12)C(F)(F)F. The van der Waals surface area contributed by atoms with E-state index in [2.05, 4.69) is 4.98 Å². The molecule has 7 heteroatoms. The molecule has 1 aromatic carbocycles. The van der Waals surface area contributed by atoms with Crippen LogP contribution in [0.15, 0.2) is 24.4 Å². The Hall–Kier alpha value is -2.05. The largest absolute Gasteiger partial charge is 0.481 e. The van der Waals surface area contributed by atoms with Gasteiger partial charge < -0.3 is 10.1 Å². The van der Waals surface area contributed by atoms with Crippen molar-refractivity contribution in [1.82, 2.24) is 4.98 Å². The van der Waals surface area contributed by atoms with Crippen molar-refractivity contribution in [1.29, 1.82) is 0 Å². The second-order valence-corrected chi connectivity index (χ2v) is 3.75. The quantitative estimate of drug-likeness (QED) is 0.816. The first-order valence-electron chi connectivity index (χ1n) is 4.87. The van der Waals surface area contributed by atoms with E-state index < -0.39 is 29.4 Å². The number of carbonyl (C=O) groups is 1. The first-order chi connectivity index (χ1) is 8.30. The van der Waals surface area contributed by atoms with Gasteiger partial charge in [0.2, 0.25) is 0 Å². The van der Waals surface area contributed by atoms with Gasteiger partial charge in [0, 0.05) is 22.7 Å². The molecule has 1 atom stereocenters. The summed E-state index contributed by atoms with van der Waals surface area (Å²) in [5.41, 5.74) is -0.244. The lowest BCUT2D eigenvalue weighted by molar-refractivity contribution is -0.176. The minimum atomic E-state index is -4.94. The van der Waals surface area contributed by atoms with Crippen LogP contribution in [0.25, 0.3) is 10.9 Å². The van der Waals surface area contributed by atoms with E-state index >= 15 is 0 Å². The van der Waals surface area contributed by atoms with Gasteiger partial charge in [0.25, 0.3) is 0 Å². The van der Waals surface area contributed by atoms with Crippen LogP contribution < -0.4 is 0 Å². The molecule has 0 spiro atoms. The van der Waals surface area contributed by atoms with Crippen molar-refractivity contribution >= 4 is 16.9 Å². The summed E-state index contributed by atoms with van der Waals surface area (Å²) in [4.78, 5) is 13.2. The maximum absolute atomic E-state index is 13.0. The number of aromatic amines is 1. The summed E-state index contributed by atoms with van der Waals surface area (Å²) < 4.78 is 51.0. The second-order valence-electron chi connectivity index (χ2n) is 3.75. The van der Waals surface area contributed by atoms with E-state index in [1.54, 1.807) is 0 Å². The summed E-state index contributed by atoms with van der Waals surface area (Å²) in [6, 6.07) is 3.21. The Bertz CT molecular complexity index is 603. The molecule has 0 fully saturated rings. The number of hydrogen-bond donors (Lipinski definition) is 2. The fourth-order valence-corrected chi connectivity index (χ4v) is 1.80. The first kappa shape index (κ1) is 12.4. The van der Waals surface area contributed by atoms with Crippen LogP contribution in [0.1, 0.15) is 11.5 Å². The van der Waals surface area contributed by atoms with E-state index in [0.717, 1.165) is 18.3 Å². The van der Waals surface area contributed by atoms with Gasteiger partial charge in [0.15, 0.2) is 5.92 Å². The summed E-state index contributed by atoms with van der Waals surface area (Å²) in [7, 11) is 0. The Balaban J connectivity index is 2.65. The number of nitrogens with one attached hydrogen (secondary N) is 1. The lowest BCUT2D eigenvalue weighted by Gasteiger charge is -2.15. The van der Waals surface area contributed by atoms with Crippen LogP contribution in [0.5, 0.6) is 0 Å². The molecule has 0 bridgehead atoms. The van der Waals surface area contributed by atoms with Crippen molar-refractivity contribution in [2.75, 3.05) is 0 Å². The van der Waals surface area contributed by atoms with E-state index in [1.807, 2.05) is 0 Å². The molecule has 96 valence electrons. The molecular weight excluding hydrogens is 254 g/mol. The summed E-state index contributed by atoms with van der Waals surface area (Å²) in [6.45, 7) is 0. The molecule has 0 aliphatic rings. The highest BCUT2D eigenvalue weighted by Gasteiger charge is 2.47. The second kappa shape index (κ2) is 4.01. The summed E-state index contributed by atoms with van der Waals surface area (Å²) >= 11 is 0. The van der Waals surface area contributed by atoms with E-state index in [1.165, 1.54) is 6.07 Å². The van der Waals surface area contributed by atoms with Gasteiger partial charge in [-0.3, -0.25) is 4.79 Å². The van der Waals surface area contributed by atoms with Gasteiger partial charge in [-0.2, -0.15) is 13.2 Å². The van der Waals surface area contributed by atoms with E-state index in [0.29, 0.717) is 0 Å². The van der Waals surface area contributed by atoms with Crippen LogP contribution >= 0.6 is 0 Å². The standard InChI is InChI=1S/C11H7F4NO2/c12-5-1-2-8-6(3-5)7(4-16-8)9(10(17)18)11(13,14)15/h1-4,9,16H,(H,17,18)/t9-/m1/s1. The van der Waals surface area contributed by atoms with Crippen molar-refractivity contribution in [3.63, 3.8) is 0 Å². The van der Waals surface area contributed by atoms with Crippen molar-refractivity contribution in [3.05, 3.63) is 35.8 Å². The summed E-state index contributed by atoms with van der Waals surface area (Å²) in [5.74, 6) is -5.42. The van der Waals surface area contributed by atoms with Crippen LogP contribution in [-0.4, -0.2) is 22.2 Å². The maximum Gasteiger partial charge on any atom is 0.406 e. The van der Waals surface area contributed by atoms with Crippen LogP contribution in [0.2, 0.25) is 0 Å². The van der Waals surface area contributed by atoms with Gasteiger partial charge in [-0.1, -0.05) is 0 Å². The van der Waals surface area contributed by atoms with Crippen molar-refractivity contribution in [2.45, 2.75) is 12.1 Å². The fourth-order valence-electron chi connectivity index (χ4n) is 1.80. The normalized spacial score (nSPS) is 13.8. The molecule has 0 radical (unpaired) electrons. The number of benzene rings is 1. The minimum absolute atomic E-state index is 0.0836. The third-order valence-electron chi connectivity index (χ3n) is 2.56. The number of aromatic nitrogens is 1. The number of hydrogen-bond acceptors (Lipinski definition) is 1. The number of carboxylic acids is 1. The minimum Gasteiger partial charge on any atom is -0.481 e. The zero-order chi connectivity index (χ0) is 13.5. The van der Waals surface area contributed by atoms with Gasteiger partial charge in [0.1, 0.15) is 5.82 Å². The van der Waals surface area contributed by atoms with Crippen LogP contribution in [0.4, 0.5) is 17.6 Å². The van der Waals surface area contributed by atoms with Crippen LogP contribution in [0.3, 0.4) is 0 Å². The molecule has 0 aliphatic carbocycles. The smallest absolute Gasteiger partial charge is 0.406 e. The van der Waals surface area contributed by atoms with Crippen molar-refractivity contribution < 1.29 is 27.5 Å². The lowest BCUT2D eigenvalue weighted by atomic mass is 9.98. The number of rotatable bonds is 2. The van der Waals surface area contributed by atoms with Gasteiger partial charge in [-0.05, 0) is 18.2 Å². The third-order valence-corrected chi connectivity index (χ3v) is 2.56. The monoisotopic (exact) mass is 261 g/mol. The zero-order valence-corrected chi connectivity index (χ0v) is 8.75. The average molecular weight is 261 g/mol. The van der Waals surface area contributed by atoms with Gasteiger partial charge >= 0.3 is 12.1 Å². The molecule has 0 aliphatic heterocycles. The van der Waals surface area contributed by atoms with Gasteiger partial charge in [-0.15, -0.1) is 0 Å². The number of aliphatic carboxylic acids is 1. The highest BCUT2D eigenvalue weighted by molar-refractivity contribution is 5.89.